The monoisotopic (exact) mass is 258 g/mol. The zero-order chi connectivity index (χ0) is 13.5. The summed E-state index contributed by atoms with van der Waals surface area (Å²) in [5.41, 5.74) is 0. The van der Waals surface area contributed by atoms with E-state index in [0.717, 1.165) is 12.8 Å². The van der Waals surface area contributed by atoms with Crippen LogP contribution in [0.4, 0.5) is 0 Å². The van der Waals surface area contributed by atoms with Crippen molar-refractivity contribution in [2.45, 2.75) is 96.5 Å². The maximum Gasteiger partial charge on any atom is 0.0562 e. The second-order valence-electron chi connectivity index (χ2n) is 5.49. The highest BCUT2D eigenvalue weighted by molar-refractivity contribution is 4.55. The molecule has 0 aromatic carbocycles. The molecule has 110 valence electrons. The number of hydrogen-bond acceptors (Lipinski definition) is 2. The van der Waals surface area contributed by atoms with Gasteiger partial charge in [-0.25, -0.2) is 0 Å². The van der Waals surface area contributed by atoms with E-state index < -0.39 is 0 Å². The smallest absolute Gasteiger partial charge is 0.0562 e. The summed E-state index contributed by atoms with van der Waals surface area (Å²) in [4.78, 5) is 0. The minimum Gasteiger partial charge on any atom is -0.396 e. The Morgan fingerprint density at radius 2 is 1.11 bits per heavy atom. The van der Waals surface area contributed by atoms with E-state index in [9.17, 15) is 5.11 Å². The second kappa shape index (κ2) is 15.0. The Morgan fingerprint density at radius 1 is 0.667 bits per heavy atom. The molecule has 0 fully saturated rings. The Hall–Kier alpha value is -0.0800. The van der Waals surface area contributed by atoms with Gasteiger partial charge in [0.2, 0.25) is 0 Å². The molecule has 0 saturated carbocycles. The normalized spacial score (nSPS) is 12.8. The molecule has 2 nitrogen and oxygen atoms in total. The van der Waals surface area contributed by atoms with Crippen molar-refractivity contribution in [2.75, 3.05) is 6.61 Å². The molecule has 2 heteroatoms. The Labute approximate surface area is 114 Å². The summed E-state index contributed by atoms with van der Waals surface area (Å²) in [5.74, 6) is 0. The average molecular weight is 258 g/mol. The van der Waals surface area contributed by atoms with Crippen LogP contribution in [0.15, 0.2) is 0 Å². The van der Waals surface area contributed by atoms with Crippen molar-refractivity contribution in [2.24, 2.45) is 0 Å². The van der Waals surface area contributed by atoms with Crippen LogP contribution in [0.25, 0.3) is 0 Å². The van der Waals surface area contributed by atoms with Gasteiger partial charge < -0.3 is 10.2 Å². The van der Waals surface area contributed by atoms with Gasteiger partial charge in [0.1, 0.15) is 0 Å². The van der Waals surface area contributed by atoms with Crippen LogP contribution in [0.2, 0.25) is 0 Å². The molecule has 0 aliphatic heterocycles. The van der Waals surface area contributed by atoms with Gasteiger partial charge in [0, 0.05) is 6.61 Å². The quantitative estimate of drug-likeness (QED) is 0.452. The molecule has 0 saturated heterocycles. The molecule has 0 aromatic rings. The SMILES string of the molecule is CCCCCCCCCCCCCC(O)CCO. The average Bonchev–Trinajstić information content (AvgIpc) is 2.36. The van der Waals surface area contributed by atoms with Crippen LogP contribution < -0.4 is 0 Å². The van der Waals surface area contributed by atoms with Gasteiger partial charge >= 0.3 is 0 Å². The molecule has 0 bridgehead atoms. The van der Waals surface area contributed by atoms with E-state index in [1.807, 2.05) is 0 Å². The first-order valence-electron chi connectivity index (χ1n) is 8.10. The highest BCUT2D eigenvalue weighted by Gasteiger charge is 2.01. The fourth-order valence-electron chi connectivity index (χ4n) is 2.34. The van der Waals surface area contributed by atoms with Gasteiger partial charge in [-0.05, 0) is 12.8 Å². The Balaban J connectivity index is 2.98. The van der Waals surface area contributed by atoms with Crippen molar-refractivity contribution in [1.29, 1.82) is 0 Å². The van der Waals surface area contributed by atoms with Crippen molar-refractivity contribution in [3.8, 4) is 0 Å². The Bertz CT molecular complexity index is 148. The number of unbranched alkanes of at least 4 members (excludes halogenated alkanes) is 10. The summed E-state index contributed by atoms with van der Waals surface area (Å²) in [7, 11) is 0. The van der Waals surface area contributed by atoms with E-state index in [0.29, 0.717) is 6.42 Å². The van der Waals surface area contributed by atoms with Crippen molar-refractivity contribution in [1.82, 2.24) is 0 Å². The van der Waals surface area contributed by atoms with E-state index in [1.54, 1.807) is 0 Å². The van der Waals surface area contributed by atoms with Crippen LogP contribution in [0, 0.1) is 0 Å². The van der Waals surface area contributed by atoms with Crippen LogP contribution >= 0.6 is 0 Å². The molecule has 0 aliphatic rings. The molecular formula is C16H34O2. The molecule has 18 heavy (non-hydrogen) atoms. The van der Waals surface area contributed by atoms with Gasteiger partial charge in [-0.2, -0.15) is 0 Å². The fourth-order valence-corrected chi connectivity index (χ4v) is 2.34. The first-order valence-corrected chi connectivity index (χ1v) is 8.10. The molecule has 0 aromatic heterocycles. The standard InChI is InChI=1S/C16H34O2/c1-2-3-4-5-6-7-8-9-10-11-12-13-16(18)14-15-17/h16-18H,2-15H2,1H3. The van der Waals surface area contributed by atoms with E-state index in [4.69, 9.17) is 5.11 Å². The first kappa shape index (κ1) is 17.9. The topological polar surface area (TPSA) is 40.5 Å². The minimum absolute atomic E-state index is 0.110. The minimum atomic E-state index is -0.284. The lowest BCUT2D eigenvalue weighted by Crippen LogP contribution is -2.08. The van der Waals surface area contributed by atoms with Crippen LogP contribution in [0.5, 0.6) is 0 Å². The van der Waals surface area contributed by atoms with Gasteiger partial charge in [-0.3, -0.25) is 0 Å². The number of rotatable bonds is 14. The number of aliphatic hydroxyl groups is 2. The zero-order valence-corrected chi connectivity index (χ0v) is 12.4. The Kier molecular flexibility index (Phi) is 14.9. The molecule has 0 radical (unpaired) electrons. The van der Waals surface area contributed by atoms with Crippen molar-refractivity contribution in [3.05, 3.63) is 0 Å². The third-order valence-electron chi connectivity index (χ3n) is 3.60. The van der Waals surface area contributed by atoms with Crippen LogP contribution in [0.3, 0.4) is 0 Å². The fraction of sp³-hybridized carbons (Fsp3) is 1.00. The summed E-state index contributed by atoms with van der Waals surface area (Å²) < 4.78 is 0. The van der Waals surface area contributed by atoms with E-state index in [1.165, 1.54) is 64.2 Å². The molecule has 0 aliphatic carbocycles. The van der Waals surface area contributed by atoms with Gasteiger partial charge in [-0.15, -0.1) is 0 Å². The maximum absolute atomic E-state index is 9.43. The summed E-state index contributed by atoms with van der Waals surface area (Å²) >= 11 is 0. The van der Waals surface area contributed by atoms with Crippen molar-refractivity contribution < 1.29 is 10.2 Å². The van der Waals surface area contributed by atoms with Crippen molar-refractivity contribution >= 4 is 0 Å². The summed E-state index contributed by atoms with van der Waals surface area (Å²) in [6.45, 7) is 2.37. The van der Waals surface area contributed by atoms with Crippen LogP contribution in [-0.4, -0.2) is 22.9 Å². The van der Waals surface area contributed by atoms with E-state index in [-0.39, 0.29) is 12.7 Å². The number of hydrogen-bond donors (Lipinski definition) is 2. The van der Waals surface area contributed by atoms with Crippen LogP contribution in [0.1, 0.15) is 90.4 Å². The predicted molar refractivity (Wildman–Crippen MR) is 78.8 cm³/mol. The largest absolute Gasteiger partial charge is 0.396 e. The summed E-state index contributed by atoms with van der Waals surface area (Å²) in [6.07, 6.45) is 15.9. The highest BCUT2D eigenvalue weighted by atomic mass is 16.3. The van der Waals surface area contributed by atoms with Gasteiger partial charge in [0.25, 0.3) is 0 Å². The Morgan fingerprint density at radius 3 is 1.56 bits per heavy atom. The van der Waals surface area contributed by atoms with Crippen molar-refractivity contribution in [3.63, 3.8) is 0 Å². The lowest BCUT2D eigenvalue weighted by molar-refractivity contribution is 0.122. The molecule has 0 heterocycles. The van der Waals surface area contributed by atoms with Gasteiger partial charge in [-0.1, -0.05) is 77.6 Å². The lowest BCUT2D eigenvalue weighted by atomic mass is 10.0. The molecule has 0 rings (SSSR count). The number of aliphatic hydroxyl groups excluding tert-OH is 2. The van der Waals surface area contributed by atoms with Gasteiger partial charge in [0.05, 0.1) is 6.10 Å². The lowest BCUT2D eigenvalue weighted by Gasteiger charge is -2.08. The molecular weight excluding hydrogens is 224 g/mol. The first-order chi connectivity index (χ1) is 8.81. The third-order valence-corrected chi connectivity index (χ3v) is 3.60. The molecule has 0 spiro atoms. The van der Waals surface area contributed by atoms with E-state index in [2.05, 4.69) is 6.92 Å². The molecule has 1 unspecified atom stereocenters. The third kappa shape index (κ3) is 14.0. The van der Waals surface area contributed by atoms with E-state index >= 15 is 0 Å². The van der Waals surface area contributed by atoms with Crippen LogP contribution in [-0.2, 0) is 0 Å². The molecule has 1 atom stereocenters. The predicted octanol–water partition coefficient (Wildman–Crippen LogP) is 4.43. The maximum atomic E-state index is 9.43. The second-order valence-corrected chi connectivity index (χ2v) is 5.49. The molecule has 2 N–H and O–H groups in total. The molecule has 0 amide bonds. The highest BCUT2D eigenvalue weighted by Crippen LogP contribution is 2.12. The summed E-state index contributed by atoms with van der Waals surface area (Å²) in [6, 6.07) is 0. The summed E-state index contributed by atoms with van der Waals surface area (Å²) in [5, 5.41) is 18.1. The van der Waals surface area contributed by atoms with Gasteiger partial charge in [0.15, 0.2) is 0 Å². The zero-order valence-electron chi connectivity index (χ0n) is 12.4.